The monoisotopic (exact) mass is 209 g/mol. The summed E-state index contributed by atoms with van der Waals surface area (Å²) in [6, 6.07) is 4.22. The molecule has 0 unspecified atom stereocenters. The van der Waals surface area contributed by atoms with E-state index in [1.54, 1.807) is 0 Å². The van der Waals surface area contributed by atoms with Gasteiger partial charge in [-0.2, -0.15) is 0 Å². The van der Waals surface area contributed by atoms with E-state index in [-0.39, 0.29) is 11.5 Å². The molecule has 0 aliphatic heterocycles. The molecule has 0 spiro atoms. The zero-order valence-corrected chi connectivity index (χ0v) is 8.64. The van der Waals surface area contributed by atoms with Crippen molar-refractivity contribution in [3.63, 3.8) is 0 Å². The van der Waals surface area contributed by atoms with Crippen LogP contribution in [0.3, 0.4) is 0 Å². The molecule has 0 aromatic heterocycles. The SMILES string of the molecule is CCCCC(=NO)c1ccc(O)cc1O. The van der Waals surface area contributed by atoms with Crippen LogP contribution in [0.15, 0.2) is 23.4 Å². The normalized spacial score (nSPS) is 11.7. The quantitative estimate of drug-likeness (QED) is 0.405. The van der Waals surface area contributed by atoms with Gasteiger partial charge in [-0.15, -0.1) is 0 Å². The van der Waals surface area contributed by atoms with Crippen LogP contribution in [0.2, 0.25) is 0 Å². The summed E-state index contributed by atoms with van der Waals surface area (Å²) in [6.07, 6.45) is 2.48. The van der Waals surface area contributed by atoms with Crippen LogP contribution in [0.5, 0.6) is 11.5 Å². The lowest BCUT2D eigenvalue weighted by molar-refractivity contribution is 0.317. The second-order valence-corrected chi connectivity index (χ2v) is 3.35. The molecule has 4 nitrogen and oxygen atoms in total. The van der Waals surface area contributed by atoms with Gasteiger partial charge in [0.05, 0.1) is 5.71 Å². The summed E-state index contributed by atoms with van der Waals surface area (Å²) in [7, 11) is 0. The highest BCUT2D eigenvalue weighted by atomic mass is 16.4. The number of oxime groups is 1. The lowest BCUT2D eigenvalue weighted by Gasteiger charge is -2.06. The van der Waals surface area contributed by atoms with Gasteiger partial charge in [-0.05, 0) is 25.0 Å². The molecule has 0 aliphatic rings. The minimum atomic E-state index is -0.0705. The highest BCUT2D eigenvalue weighted by Crippen LogP contribution is 2.24. The number of hydrogen-bond donors (Lipinski definition) is 3. The van der Waals surface area contributed by atoms with Crippen LogP contribution in [-0.4, -0.2) is 21.1 Å². The maximum atomic E-state index is 9.54. The summed E-state index contributed by atoms with van der Waals surface area (Å²) < 4.78 is 0. The van der Waals surface area contributed by atoms with Crippen molar-refractivity contribution in [3.8, 4) is 11.5 Å². The Morgan fingerprint density at radius 1 is 1.33 bits per heavy atom. The highest BCUT2D eigenvalue weighted by molar-refractivity contribution is 6.02. The second kappa shape index (κ2) is 5.24. The molecular formula is C11H15NO3. The molecule has 15 heavy (non-hydrogen) atoms. The van der Waals surface area contributed by atoms with Crippen molar-refractivity contribution in [1.29, 1.82) is 0 Å². The van der Waals surface area contributed by atoms with Crippen molar-refractivity contribution in [3.05, 3.63) is 23.8 Å². The number of hydrogen-bond acceptors (Lipinski definition) is 4. The third kappa shape index (κ3) is 2.87. The minimum Gasteiger partial charge on any atom is -0.508 e. The molecule has 0 radical (unpaired) electrons. The van der Waals surface area contributed by atoms with Gasteiger partial charge in [0, 0.05) is 11.6 Å². The van der Waals surface area contributed by atoms with Crippen LogP contribution < -0.4 is 0 Å². The average Bonchev–Trinajstić information content (AvgIpc) is 2.21. The van der Waals surface area contributed by atoms with Gasteiger partial charge in [0.25, 0.3) is 0 Å². The van der Waals surface area contributed by atoms with Gasteiger partial charge < -0.3 is 15.4 Å². The van der Waals surface area contributed by atoms with Crippen LogP contribution in [-0.2, 0) is 0 Å². The van der Waals surface area contributed by atoms with E-state index in [0.29, 0.717) is 17.7 Å². The van der Waals surface area contributed by atoms with Crippen LogP contribution in [0.25, 0.3) is 0 Å². The Hall–Kier alpha value is -1.71. The zero-order valence-electron chi connectivity index (χ0n) is 8.64. The molecule has 0 fully saturated rings. The number of unbranched alkanes of at least 4 members (excludes halogenated alkanes) is 1. The molecule has 0 saturated heterocycles. The Labute approximate surface area is 88.5 Å². The molecule has 82 valence electrons. The number of nitrogens with zero attached hydrogens (tertiary/aromatic N) is 1. The molecular weight excluding hydrogens is 194 g/mol. The number of benzene rings is 1. The fourth-order valence-electron chi connectivity index (χ4n) is 1.35. The fraction of sp³-hybridized carbons (Fsp3) is 0.364. The maximum absolute atomic E-state index is 9.54. The van der Waals surface area contributed by atoms with E-state index in [4.69, 9.17) is 10.3 Å². The fourth-order valence-corrected chi connectivity index (χ4v) is 1.35. The highest BCUT2D eigenvalue weighted by Gasteiger charge is 2.09. The van der Waals surface area contributed by atoms with E-state index in [0.717, 1.165) is 12.8 Å². The first-order chi connectivity index (χ1) is 7.19. The van der Waals surface area contributed by atoms with Crippen molar-refractivity contribution < 1.29 is 15.4 Å². The summed E-state index contributed by atoms with van der Waals surface area (Å²) in [5.74, 6) is -0.0806. The Bertz CT molecular complexity index is 361. The average molecular weight is 209 g/mol. The maximum Gasteiger partial charge on any atom is 0.128 e. The summed E-state index contributed by atoms with van der Waals surface area (Å²) in [5, 5.41) is 30.6. The number of rotatable bonds is 4. The number of phenolic OH excluding ortho intramolecular Hbond substituents is 2. The molecule has 0 atom stereocenters. The molecule has 1 aromatic carbocycles. The molecule has 0 saturated carbocycles. The van der Waals surface area contributed by atoms with Crippen LogP contribution in [0.4, 0.5) is 0 Å². The topological polar surface area (TPSA) is 73.1 Å². The van der Waals surface area contributed by atoms with Crippen molar-refractivity contribution >= 4 is 5.71 Å². The van der Waals surface area contributed by atoms with Crippen LogP contribution >= 0.6 is 0 Å². The lowest BCUT2D eigenvalue weighted by Crippen LogP contribution is -2.01. The summed E-state index contributed by atoms with van der Waals surface area (Å²) in [5.41, 5.74) is 0.901. The zero-order chi connectivity index (χ0) is 11.3. The van der Waals surface area contributed by atoms with Crippen molar-refractivity contribution in [2.75, 3.05) is 0 Å². The predicted molar refractivity (Wildman–Crippen MR) is 57.6 cm³/mol. The standard InChI is InChI=1S/C11H15NO3/c1-2-3-4-10(12-15)9-6-5-8(13)7-11(9)14/h5-7,13-15H,2-4H2,1H3. The van der Waals surface area contributed by atoms with E-state index in [1.165, 1.54) is 18.2 Å². The van der Waals surface area contributed by atoms with Gasteiger partial charge >= 0.3 is 0 Å². The molecule has 1 rings (SSSR count). The third-order valence-corrected chi connectivity index (χ3v) is 2.18. The molecule has 4 heteroatoms. The Morgan fingerprint density at radius 2 is 2.07 bits per heavy atom. The predicted octanol–water partition coefficient (Wildman–Crippen LogP) is 2.47. The summed E-state index contributed by atoms with van der Waals surface area (Å²) in [6.45, 7) is 2.03. The molecule has 1 aromatic rings. The number of phenols is 2. The third-order valence-electron chi connectivity index (χ3n) is 2.18. The van der Waals surface area contributed by atoms with E-state index in [1.807, 2.05) is 6.92 Å². The van der Waals surface area contributed by atoms with Crippen molar-refractivity contribution in [1.82, 2.24) is 0 Å². The van der Waals surface area contributed by atoms with Gasteiger partial charge in [-0.25, -0.2) is 0 Å². The van der Waals surface area contributed by atoms with E-state index in [2.05, 4.69) is 5.16 Å². The van der Waals surface area contributed by atoms with Crippen molar-refractivity contribution in [2.24, 2.45) is 5.16 Å². The number of aromatic hydroxyl groups is 2. The molecule has 0 bridgehead atoms. The molecule has 0 amide bonds. The Balaban J connectivity index is 2.93. The van der Waals surface area contributed by atoms with Gasteiger partial charge in [0.1, 0.15) is 11.5 Å². The summed E-state index contributed by atoms with van der Waals surface area (Å²) >= 11 is 0. The molecule has 3 N–H and O–H groups in total. The molecule has 0 heterocycles. The van der Waals surface area contributed by atoms with Gasteiger partial charge in [-0.1, -0.05) is 18.5 Å². The second-order valence-electron chi connectivity index (χ2n) is 3.35. The first-order valence-corrected chi connectivity index (χ1v) is 4.92. The van der Waals surface area contributed by atoms with E-state index < -0.39 is 0 Å². The van der Waals surface area contributed by atoms with Crippen LogP contribution in [0, 0.1) is 0 Å². The van der Waals surface area contributed by atoms with E-state index >= 15 is 0 Å². The van der Waals surface area contributed by atoms with E-state index in [9.17, 15) is 5.11 Å². The summed E-state index contributed by atoms with van der Waals surface area (Å²) in [4.78, 5) is 0. The first kappa shape index (κ1) is 11.4. The van der Waals surface area contributed by atoms with Gasteiger partial charge in [0.15, 0.2) is 0 Å². The smallest absolute Gasteiger partial charge is 0.128 e. The Kier molecular flexibility index (Phi) is 3.97. The first-order valence-electron chi connectivity index (χ1n) is 4.92. The van der Waals surface area contributed by atoms with Gasteiger partial charge in [0.2, 0.25) is 0 Å². The van der Waals surface area contributed by atoms with Gasteiger partial charge in [-0.3, -0.25) is 0 Å². The minimum absolute atomic E-state index is 0.0102. The largest absolute Gasteiger partial charge is 0.508 e. The van der Waals surface area contributed by atoms with Crippen molar-refractivity contribution in [2.45, 2.75) is 26.2 Å². The lowest BCUT2D eigenvalue weighted by atomic mass is 10.0. The Morgan fingerprint density at radius 3 is 2.60 bits per heavy atom. The van der Waals surface area contributed by atoms with Crippen LogP contribution in [0.1, 0.15) is 31.7 Å². The molecule has 0 aliphatic carbocycles.